The van der Waals surface area contributed by atoms with Gasteiger partial charge in [-0.25, -0.2) is 15.0 Å². The normalized spacial score (nSPS) is 15.7. The average molecular weight is 313 g/mol. The predicted molar refractivity (Wildman–Crippen MR) is 85.1 cm³/mol. The van der Waals surface area contributed by atoms with Gasteiger partial charge in [0.2, 0.25) is 0 Å². The first-order valence-corrected chi connectivity index (χ1v) is 7.65. The molecule has 0 atom stereocenters. The van der Waals surface area contributed by atoms with Crippen molar-refractivity contribution in [2.75, 3.05) is 18.0 Å². The lowest BCUT2D eigenvalue weighted by atomic mass is 9.97. The van der Waals surface area contributed by atoms with E-state index in [4.69, 9.17) is 5.11 Å². The van der Waals surface area contributed by atoms with Gasteiger partial charge in [-0.2, -0.15) is 0 Å². The molecule has 2 aromatic rings. The highest BCUT2D eigenvalue weighted by Gasteiger charge is 2.26. The number of carboxylic acid groups (broad SMARTS) is 1. The van der Waals surface area contributed by atoms with Gasteiger partial charge in [-0.3, -0.25) is 9.78 Å². The molecule has 0 aromatic carbocycles. The third-order valence-corrected chi connectivity index (χ3v) is 4.30. The standard InChI is InChI=1S/C16H19N5O2/c1-10-11(2)19-14(13-9-17-5-6-18-13)20-15(10)21-7-3-12(4-8-21)16(22)23/h5-6,9,12H,3-4,7-8H2,1-2H3,(H,22,23). The van der Waals surface area contributed by atoms with Crippen LogP contribution in [0.1, 0.15) is 24.1 Å². The van der Waals surface area contributed by atoms with E-state index in [0.29, 0.717) is 37.4 Å². The number of piperidine rings is 1. The van der Waals surface area contributed by atoms with Gasteiger partial charge < -0.3 is 10.0 Å². The van der Waals surface area contributed by atoms with E-state index in [1.807, 2.05) is 13.8 Å². The molecule has 7 heteroatoms. The summed E-state index contributed by atoms with van der Waals surface area (Å²) in [4.78, 5) is 30.7. The van der Waals surface area contributed by atoms with E-state index in [2.05, 4.69) is 24.8 Å². The number of hydrogen-bond donors (Lipinski definition) is 1. The topological polar surface area (TPSA) is 92.1 Å². The van der Waals surface area contributed by atoms with Crippen LogP contribution in [-0.2, 0) is 4.79 Å². The van der Waals surface area contributed by atoms with E-state index in [1.54, 1.807) is 18.6 Å². The summed E-state index contributed by atoms with van der Waals surface area (Å²) >= 11 is 0. The number of anilines is 1. The Hall–Kier alpha value is -2.57. The molecule has 7 nitrogen and oxygen atoms in total. The average Bonchev–Trinajstić information content (AvgIpc) is 2.58. The largest absolute Gasteiger partial charge is 0.481 e. The van der Waals surface area contributed by atoms with Crippen LogP contribution >= 0.6 is 0 Å². The molecular weight excluding hydrogens is 294 g/mol. The summed E-state index contributed by atoms with van der Waals surface area (Å²) in [6, 6.07) is 0. The third kappa shape index (κ3) is 3.13. The van der Waals surface area contributed by atoms with E-state index in [-0.39, 0.29) is 5.92 Å². The van der Waals surface area contributed by atoms with E-state index < -0.39 is 5.97 Å². The van der Waals surface area contributed by atoms with Crippen molar-refractivity contribution in [3.8, 4) is 11.5 Å². The molecule has 0 saturated carbocycles. The molecule has 1 aliphatic rings. The minimum Gasteiger partial charge on any atom is -0.481 e. The van der Waals surface area contributed by atoms with E-state index >= 15 is 0 Å². The van der Waals surface area contributed by atoms with Crippen LogP contribution in [0.5, 0.6) is 0 Å². The second-order valence-corrected chi connectivity index (χ2v) is 5.77. The Morgan fingerprint density at radius 2 is 1.96 bits per heavy atom. The Kier molecular flexibility index (Phi) is 4.18. The molecule has 0 radical (unpaired) electrons. The van der Waals surface area contributed by atoms with Crippen LogP contribution in [0, 0.1) is 19.8 Å². The number of aryl methyl sites for hydroxylation is 1. The number of aliphatic carboxylic acids is 1. The van der Waals surface area contributed by atoms with Crippen molar-refractivity contribution >= 4 is 11.8 Å². The highest BCUT2D eigenvalue weighted by atomic mass is 16.4. The van der Waals surface area contributed by atoms with Crippen LogP contribution in [0.3, 0.4) is 0 Å². The smallest absolute Gasteiger partial charge is 0.306 e. The molecule has 2 aromatic heterocycles. The van der Waals surface area contributed by atoms with Gasteiger partial charge in [0.1, 0.15) is 11.5 Å². The highest BCUT2D eigenvalue weighted by Crippen LogP contribution is 2.27. The van der Waals surface area contributed by atoms with Crippen molar-refractivity contribution in [3.63, 3.8) is 0 Å². The molecule has 1 saturated heterocycles. The minimum absolute atomic E-state index is 0.256. The lowest BCUT2D eigenvalue weighted by Crippen LogP contribution is -2.37. The van der Waals surface area contributed by atoms with Crippen LogP contribution in [-0.4, -0.2) is 44.1 Å². The molecule has 1 fully saturated rings. The molecule has 120 valence electrons. The molecular formula is C16H19N5O2. The van der Waals surface area contributed by atoms with E-state index in [0.717, 1.165) is 17.1 Å². The molecule has 0 spiro atoms. The SMILES string of the molecule is Cc1nc(-c2cnccn2)nc(N2CCC(C(=O)O)CC2)c1C. The zero-order valence-corrected chi connectivity index (χ0v) is 13.2. The highest BCUT2D eigenvalue weighted by molar-refractivity contribution is 5.70. The number of carbonyl (C=O) groups is 1. The Labute approximate surface area is 134 Å². The number of nitrogens with zero attached hydrogens (tertiary/aromatic N) is 5. The molecule has 3 rings (SSSR count). The molecule has 0 bridgehead atoms. The zero-order chi connectivity index (χ0) is 16.4. The van der Waals surface area contributed by atoms with Gasteiger partial charge in [-0.1, -0.05) is 0 Å². The molecule has 0 aliphatic carbocycles. The summed E-state index contributed by atoms with van der Waals surface area (Å²) in [5, 5.41) is 9.13. The lowest BCUT2D eigenvalue weighted by molar-refractivity contribution is -0.142. The van der Waals surface area contributed by atoms with E-state index in [1.165, 1.54) is 0 Å². The van der Waals surface area contributed by atoms with E-state index in [9.17, 15) is 4.79 Å². The summed E-state index contributed by atoms with van der Waals surface area (Å²) in [6.45, 7) is 5.32. The van der Waals surface area contributed by atoms with Gasteiger partial charge in [-0.15, -0.1) is 0 Å². The van der Waals surface area contributed by atoms with Gasteiger partial charge in [0, 0.05) is 36.7 Å². The second kappa shape index (κ2) is 6.28. The third-order valence-electron chi connectivity index (χ3n) is 4.30. The fraction of sp³-hybridized carbons (Fsp3) is 0.438. The van der Waals surface area contributed by atoms with Crippen molar-refractivity contribution in [1.29, 1.82) is 0 Å². The van der Waals surface area contributed by atoms with Crippen molar-refractivity contribution in [1.82, 2.24) is 19.9 Å². The zero-order valence-electron chi connectivity index (χ0n) is 13.2. The number of hydrogen-bond acceptors (Lipinski definition) is 6. The molecule has 0 unspecified atom stereocenters. The van der Waals surface area contributed by atoms with Crippen LogP contribution in [0.15, 0.2) is 18.6 Å². The van der Waals surface area contributed by atoms with Gasteiger partial charge in [0.15, 0.2) is 5.82 Å². The van der Waals surface area contributed by atoms with Crippen LogP contribution in [0.25, 0.3) is 11.5 Å². The summed E-state index contributed by atoms with van der Waals surface area (Å²) in [6.07, 6.45) is 6.15. The summed E-state index contributed by atoms with van der Waals surface area (Å²) in [5.74, 6) is 0.452. The summed E-state index contributed by atoms with van der Waals surface area (Å²) in [7, 11) is 0. The first-order chi connectivity index (χ1) is 11.1. The summed E-state index contributed by atoms with van der Waals surface area (Å²) < 4.78 is 0. The summed E-state index contributed by atoms with van der Waals surface area (Å²) in [5.41, 5.74) is 2.56. The van der Waals surface area contributed by atoms with Gasteiger partial charge in [0.25, 0.3) is 0 Å². The molecule has 1 N–H and O–H groups in total. The predicted octanol–water partition coefficient (Wildman–Crippen LogP) is 1.85. The second-order valence-electron chi connectivity index (χ2n) is 5.77. The Morgan fingerprint density at radius 1 is 1.22 bits per heavy atom. The monoisotopic (exact) mass is 313 g/mol. The molecule has 0 amide bonds. The van der Waals surface area contributed by atoms with Gasteiger partial charge in [0.05, 0.1) is 12.1 Å². The molecule has 3 heterocycles. The first-order valence-electron chi connectivity index (χ1n) is 7.65. The number of carboxylic acids is 1. The Balaban J connectivity index is 1.91. The maximum absolute atomic E-state index is 11.1. The Morgan fingerprint density at radius 3 is 2.57 bits per heavy atom. The lowest BCUT2D eigenvalue weighted by Gasteiger charge is -2.32. The van der Waals surface area contributed by atoms with Crippen molar-refractivity contribution in [3.05, 3.63) is 29.8 Å². The number of rotatable bonds is 3. The molecule has 23 heavy (non-hydrogen) atoms. The minimum atomic E-state index is -0.708. The van der Waals surface area contributed by atoms with Crippen LogP contribution < -0.4 is 4.90 Å². The maximum Gasteiger partial charge on any atom is 0.306 e. The van der Waals surface area contributed by atoms with Crippen LogP contribution in [0.2, 0.25) is 0 Å². The van der Waals surface area contributed by atoms with Crippen molar-refractivity contribution in [2.24, 2.45) is 5.92 Å². The molecule has 1 aliphatic heterocycles. The quantitative estimate of drug-likeness (QED) is 0.924. The van der Waals surface area contributed by atoms with Crippen molar-refractivity contribution < 1.29 is 9.90 Å². The van der Waals surface area contributed by atoms with Crippen LogP contribution in [0.4, 0.5) is 5.82 Å². The van der Waals surface area contributed by atoms with Gasteiger partial charge in [-0.05, 0) is 26.7 Å². The maximum atomic E-state index is 11.1. The Bertz CT molecular complexity index is 712. The first kappa shape index (κ1) is 15.3. The fourth-order valence-electron chi connectivity index (χ4n) is 2.79. The number of aromatic nitrogens is 4. The van der Waals surface area contributed by atoms with Crippen molar-refractivity contribution in [2.45, 2.75) is 26.7 Å². The van der Waals surface area contributed by atoms with Gasteiger partial charge >= 0.3 is 5.97 Å². The fourth-order valence-corrected chi connectivity index (χ4v) is 2.79.